The molecule has 2 aliphatic heterocycles. The molecule has 0 bridgehead atoms. The molecule has 0 aromatic carbocycles. The van der Waals surface area contributed by atoms with E-state index in [1.165, 1.54) is 12.8 Å². The highest BCUT2D eigenvalue weighted by Gasteiger charge is 2.19. The fourth-order valence-electron chi connectivity index (χ4n) is 3.22. The van der Waals surface area contributed by atoms with Crippen molar-refractivity contribution < 1.29 is 0 Å². The van der Waals surface area contributed by atoms with Crippen molar-refractivity contribution in [1.82, 2.24) is 30.6 Å². The summed E-state index contributed by atoms with van der Waals surface area (Å²) in [5.74, 6) is 11.3. The molecule has 4 heterocycles. The number of H-pyrrole nitrogens is 2. The van der Waals surface area contributed by atoms with Crippen LogP contribution in [0.3, 0.4) is 0 Å². The van der Waals surface area contributed by atoms with E-state index in [-0.39, 0.29) is 0 Å². The molecule has 25 heavy (non-hydrogen) atoms. The molecule has 2 saturated heterocycles. The maximum Gasteiger partial charge on any atom is 0.135 e. The number of aromatic nitrogens is 4. The molecule has 2 aliphatic rings. The lowest BCUT2D eigenvalue weighted by atomic mass is 10.2. The minimum absolute atomic E-state index is 0.326. The van der Waals surface area contributed by atoms with Crippen LogP contribution >= 0.6 is 0 Å². The second kappa shape index (κ2) is 7.43. The van der Waals surface area contributed by atoms with E-state index in [0.29, 0.717) is 12.1 Å². The molecule has 128 valence electrons. The molecule has 7 nitrogen and oxygen atoms in total. The summed E-state index contributed by atoms with van der Waals surface area (Å²) in [6.45, 7) is 2.10. The Morgan fingerprint density at radius 1 is 0.920 bits per heavy atom. The molecule has 2 atom stereocenters. The van der Waals surface area contributed by atoms with E-state index in [9.17, 15) is 0 Å². The number of aromatic amines is 2. The molecule has 2 aromatic heterocycles. The van der Waals surface area contributed by atoms with E-state index in [0.717, 1.165) is 49.1 Å². The molecule has 0 amide bonds. The molecule has 2 fully saturated rings. The van der Waals surface area contributed by atoms with Gasteiger partial charge in [-0.15, -0.1) is 0 Å². The predicted octanol–water partition coefficient (Wildman–Crippen LogP) is 1.41. The van der Waals surface area contributed by atoms with Gasteiger partial charge in [-0.2, -0.15) is 0 Å². The van der Waals surface area contributed by atoms with E-state index in [2.05, 4.69) is 59.7 Å². The van der Waals surface area contributed by atoms with Crippen molar-refractivity contribution in [1.29, 1.82) is 0 Å². The van der Waals surface area contributed by atoms with Gasteiger partial charge in [0.05, 0.1) is 24.5 Å². The summed E-state index contributed by atoms with van der Waals surface area (Å²) < 4.78 is 0. The highest BCUT2D eigenvalue weighted by molar-refractivity contribution is 5.43. The topological polar surface area (TPSA) is 93.4 Å². The highest BCUT2D eigenvalue weighted by atomic mass is 15.1. The van der Waals surface area contributed by atoms with Gasteiger partial charge in [0.2, 0.25) is 0 Å². The summed E-state index contributed by atoms with van der Waals surface area (Å²) in [4.78, 5) is 15.2. The van der Waals surface area contributed by atoms with Crippen molar-refractivity contribution >= 4 is 5.82 Å². The Morgan fingerprint density at radius 3 is 2.36 bits per heavy atom. The summed E-state index contributed by atoms with van der Waals surface area (Å²) in [6, 6.07) is 3.48. The third-order valence-electron chi connectivity index (χ3n) is 4.49. The molecule has 4 rings (SSSR count). The molecule has 0 spiro atoms. The Balaban J connectivity index is 1.31. The number of anilines is 1. The summed E-state index contributed by atoms with van der Waals surface area (Å²) in [7, 11) is 0. The summed E-state index contributed by atoms with van der Waals surface area (Å²) in [6.07, 6.45) is 8.13. The average Bonchev–Trinajstić information content (AvgIpc) is 3.40. The van der Waals surface area contributed by atoms with Crippen LogP contribution in [0, 0.1) is 23.8 Å². The van der Waals surface area contributed by atoms with Gasteiger partial charge in [-0.25, -0.2) is 9.97 Å². The van der Waals surface area contributed by atoms with E-state index in [1.54, 1.807) is 12.4 Å². The predicted molar refractivity (Wildman–Crippen MR) is 95.4 cm³/mol. The van der Waals surface area contributed by atoms with Crippen LogP contribution < -0.4 is 16.0 Å². The van der Waals surface area contributed by atoms with E-state index in [4.69, 9.17) is 0 Å². The minimum Gasteiger partial charge on any atom is -0.334 e. The molecular weight excluding hydrogens is 314 g/mol. The number of nitrogens with one attached hydrogen (secondary N) is 5. The Kier molecular flexibility index (Phi) is 4.69. The molecule has 5 N–H and O–H groups in total. The van der Waals surface area contributed by atoms with Gasteiger partial charge in [-0.05, 0) is 50.6 Å². The first-order chi connectivity index (χ1) is 12.4. The molecule has 7 heteroatoms. The first kappa shape index (κ1) is 15.8. The van der Waals surface area contributed by atoms with Gasteiger partial charge in [-0.1, -0.05) is 0 Å². The Labute approximate surface area is 146 Å². The zero-order chi connectivity index (χ0) is 16.9. The zero-order valence-corrected chi connectivity index (χ0v) is 13.9. The SMILES string of the molecule is C(C#Cc1cnc([C@@H]2CCCN2)[nH]1)#CNc1cnc([C@@H]2CCCN2)[nH]1. The van der Waals surface area contributed by atoms with Crippen molar-refractivity contribution in [3.05, 3.63) is 29.7 Å². The van der Waals surface area contributed by atoms with Crippen LogP contribution in [0.15, 0.2) is 12.4 Å². The first-order valence-corrected chi connectivity index (χ1v) is 8.72. The molecule has 0 aliphatic carbocycles. The molecule has 0 radical (unpaired) electrons. The van der Waals surface area contributed by atoms with Gasteiger partial charge < -0.3 is 20.6 Å². The first-order valence-electron chi connectivity index (χ1n) is 8.72. The van der Waals surface area contributed by atoms with Crippen LogP contribution in [0.4, 0.5) is 5.82 Å². The van der Waals surface area contributed by atoms with Crippen LogP contribution in [-0.4, -0.2) is 33.0 Å². The van der Waals surface area contributed by atoms with Crippen LogP contribution in [-0.2, 0) is 0 Å². The Hall–Kier alpha value is -2.74. The summed E-state index contributed by atoms with van der Waals surface area (Å²) >= 11 is 0. The highest BCUT2D eigenvalue weighted by Crippen LogP contribution is 2.21. The van der Waals surface area contributed by atoms with E-state index in [1.807, 2.05) is 0 Å². The van der Waals surface area contributed by atoms with Crippen LogP contribution in [0.25, 0.3) is 0 Å². The summed E-state index contributed by atoms with van der Waals surface area (Å²) in [5.41, 5.74) is 0.786. The quantitative estimate of drug-likeness (QED) is 0.432. The van der Waals surface area contributed by atoms with Gasteiger partial charge in [-0.3, -0.25) is 5.32 Å². The van der Waals surface area contributed by atoms with Crippen molar-refractivity contribution in [2.24, 2.45) is 0 Å². The number of nitrogens with zero attached hydrogens (tertiary/aromatic N) is 2. The van der Waals surface area contributed by atoms with Crippen molar-refractivity contribution in [3.63, 3.8) is 0 Å². The monoisotopic (exact) mass is 335 g/mol. The molecule has 2 aromatic rings. The zero-order valence-electron chi connectivity index (χ0n) is 13.9. The van der Waals surface area contributed by atoms with Crippen molar-refractivity contribution in [2.45, 2.75) is 37.8 Å². The normalized spacial score (nSPS) is 22.1. The maximum absolute atomic E-state index is 4.38. The third kappa shape index (κ3) is 3.85. The third-order valence-corrected chi connectivity index (χ3v) is 4.49. The lowest BCUT2D eigenvalue weighted by Gasteiger charge is -2.04. The number of hydrogen-bond donors (Lipinski definition) is 5. The number of hydrogen-bond acceptors (Lipinski definition) is 5. The van der Waals surface area contributed by atoms with Gasteiger partial charge in [0.15, 0.2) is 0 Å². The van der Waals surface area contributed by atoms with Gasteiger partial charge in [0, 0.05) is 12.0 Å². The van der Waals surface area contributed by atoms with Crippen molar-refractivity contribution in [2.75, 3.05) is 18.4 Å². The lowest BCUT2D eigenvalue weighted by molar-refractivity contribution is 0.612. The van der Waals surface area contributed by atoms with Crippen LogP contribution in [0.2, 0.25) is 0 Å². The van der Waals surface area contributed by atoms with Crippen molar-refractivity contribution in [3.8, 4) is 23.8 Å². The van der Waals surface area contributed by atoms with Gasteiger partial charge in [0.1, 0.15) is 23.2 Å². The van der Waals surface area contributed by atoms with E-state index < -0.39 is 0 Å². The number of rotatable bonds is 3. The molecule has 0 saturated carbocycles. The van der Waals surface area contributed by atoms with Gasteiger partial charge >= 0.3 is 0 Å². The summed E-state index contributed by atoms with van der Waals surface area (Å²) in [5, 5.41) is 9.80. The second-order valence-electron chi connectivity index (χ2n) is 6.29. The fourth-order valence-corrected chi connectivity index (χ4v) is 3.22. The average molecular weight is 335 g/mol. The maximum atomic E-state index is 4.38. The number of imidazole rings is 2. The van der Waals surface area contributed by atoms with E-state index >= 15 is 0 Å². The van der Waals surface area contributed by atoms with Gasteiger partial charge in [0.25, 0.3) is 0 Å². The lowest BCUT2D eigenvalue weighted by Crippen LogP contribution is -2.14. The molecular formula is C18H21N7. The standard InChI is InChI=1S/C18H21N7/c1(5-13-11-22-17(24-13)14-6-3-9-19-14)2-8-21-16-12-23-18(25-16)15-7-4-10-20-15/h11-12,14-15,19-21H,3-4,6-7,9-10H2,(H,22,24)(H,23,25)/t14-,15-/m0/s1. The fraction of sp³-hybridized carbons (Fsp3) is 0.444. The van der Waals surface area contributed by atoms with Crippen LogP contribution in [0.5, 0.6) is 0 Å². The second-order valence-corrected chi connectivity index (χ2v) is 6.29. The largest absolute Gasteiger partial charge is 0.334 e. The minimum atomic E-state index is 0.326. The Morgan fingerprint density at radius 2 is 1.64 bits per heavy atom. The van der Waals surface area contributed by atoms with Crippen LogP contribution in [0.1, 0.15) is 55.1 Å². The smallest absolute Gasteiger partial charge is 0.135 e. The Bertz CT molecular complexity index is 830. The molecule has 0 unspecified atom stereocenters.